The molecule has 0 aliphatic heterocycles. The summed E-state index contributed by atoms with van der Waals surface area (Å²) in [5, 5.41) is 16.3. The van der Waals surface area contributed by atoms with Crippen LogP contribution in [0.25, 0.3) is 0 Å². The third-order valence-corrected chi connectivity index (χ3v) is 2.78. The number of benzene rings is 1. The molecule has 1 unspecified atom stereocenters. The number of thiocarbonyl (C=S) groups is 1. The first kappa shape index (κ1) is 13.7. The van der Waals surface area contributed by atoms with Crippen LogP contribution in [-0.4, -0.2) is 30.9 Å². The maximum Gasteiger partial charge on any atom is 0.166 e. The van der Waals surface area contributed by atoms with Crippen LogP contribution in [0, 0.1) is 0 Å². The molecular weight excluding hydrogens is 236 g/mol. The van der Waals surface area contributed by atoms with Crippen molar-refractivity contribution in [3.05, 3.63) is 29.8 Å². The van der Waals surface area contributed by atoms with Gasteiger partial charge in [0.15, 0.2) is 5.11 Å². The Morgan fingerprint density at radius 2 is 2.06 bits per heavy atom. The topological polar surface area (TPSA) is 53.5 Å². The first-order valence-electron chi connectivity index (χ1n) is 5.45. The number of aliphatic hydroxyl groups is 1. The lowest BCUT2D eigenvalue weighted by molar-refractivity contribution is 0.168. The number of rotatable bonds is 5. The van der Waals surface area contributed by atoms with Gasteiger partial charge in [-0.3, -0.25) is 0 Å². The number of aliphatic hydroxyl groups excluding tert-OH is 1. The Hall–Kier alpha value is -1.33. The third-order valence-electron chi connectivity index (χ3n) is 2.43. The molecule has 0 heterocycles. The third kappa shape index (κ3) is 4.58. The predicted octanol–water partition coefficient (Wildman–Crippen LogP) is 1.21. The first-order chi connectivity index (χ1) is 8.17. The van der Waals surface area contributed by atoms with Crippen LogP contribution < -0.4 is 15.4 Å². The van der Waals surface area contributed by atoms with E-state index in [-0.39, 0.29) is 0 Å². The van der Waals surface area contributed by atoms with Crippen LogP contribution in [0.3, 0.4) is 0 Å². The van der Waals surface area contributed by atoms with E-state index in [0.29, 0.717) is 18.1 Å². The molecule has 0 spiro atoms. The number of ether oxygens (including phenoxy) is 1. The summed E-state index contributed by atoms with van der Waals surface area (Å²) in [5.74, 6) is 0.787. The van der Waals surface area contributed by atoms with Crippen LogP contribution in [-0.2, 0) is 0 Å². The number of methoxy groups -OCH3 is 1. The molecule has 1 aromatic rings. The van der Waals surface area contributed by atoms with Gasteiger partial charge in [-0.2, -0.15) is 0 Å². The molecule has 0 fully saturated rings. The van der Waals surface area contributed by atoms with E-state index in [1.165, 1.54) is 0 Å². The summed E-state index contributed by atoms with van der Waals surface area (Å²) in [4.78, 5) is 0. The second-order valence-electron chi connectivity index (χ2n) is 3.58. The Labute approximate surface area is 107 Å². The molecule has 5 heteroatoms. The Kier molecular flexibility index (Phi) is 5.72. The number of nitrogens with one attached hydrogen (secondary N) is 2. The van der Waals surface area contributed by atoms with Crippen molar-refractivity contribution >= 4 is 17.3 Å². The van der Waals surface area contributed by atoms with Crippen molar-refractivity contribution in [1.82, 2.24) is 10.6 Å². The largest absolute Gasteiger partial charge is 0.497 e. The number of hydrogen-bond acceptors (Lipinski definition) is 3. The van der Waals surface area contributed by atoms with Crippen LogP contribution in [0.5, 0.6) is 5.75 Å². The van der Waals surface area contributed by atoms with Crippen molar-refractivity contribution in [2.75, 3.05) is 20.7 Å². The molecule has 0 saturated carbocycles. The second kappa shape index (κ2) is 7.09. The van der Waals surface area contributed by atoms with Gasteiger partial charge in [0.1, 0.15) is 5.75 Å². The van der Waals surface area contributed by atoms with Gasteiger partial charge in [-0.1, -0.05) is 12.1 Å². The van der Waals surface area contributed by atoms with Crippen LogP contribution in [0.15, 0.2) is 24.3 Å². The molecule has 0 bridgehead atoms. The van der Waals surface area contributed by atoms with Gasteiger partial charge in [-0.25, -0.2) is 0 Å². The molecular formula is C12H18N2O2S. The Balaban J connectivity index is 2.40. The lowest BCUT2D eigenvalue weighted by Gasteiger charge is -2.13. The van der Waals surface area contributed by atoms with Crippen LogP contribution in [0.1, 0.15) is 18.1 Å². The minimum atomic E-state index is -0.493. The highest BCUT2D eigenvalue weighted by molar-refractivity contribution is 7.80. The van der Waals surface area contributed by atoms with Gasteiger partial charge < -0.3 is 20.5 Å². The molecule has 3 N–H and O–H groups in total. The fourth-order valence-electron chi connectivity index (χ4n) is 1.40. The van der Waals surface area contributed by atoms with Gasteiger partial charge in [0.25, 0.3) is 0 Å². The Bertz CT molecular complexity index is 354. The van der Waals surface area contributed by atoms with E-state index in [0.717, 1.165) is 11.3 Å². The van der Waals surface area contributed by atoms with E-state index in [1.54, 1.807) is 14.2 Å². The molecule has 17 heavy (non-hydrogen) atoms. The second-order valence-corrected chi connectivity index (χ2v) is 3.99. The van der Waals surface area contributed by atoms with Gasteiger partial charge >= 0.3 is 0 Å². The summed E-state index contributed by atoms with van der Waals surface area (Å²) < 4.78 is 5.06. The minimum absolute atomic E-state index is 0.493. The van der Waals surface area contributed by atoms with E-state index in [9.17, 15) is 5.11 Å². The smallest absolute Gasteiger partial charge is 0.166 e. The average molecular weight is 254 g/mol. The SMILES string of the molecule is CNC(=S)NCCC(O)c1ccc(OC)cc1. The minimum Gasteiger partial charge on any atom is -0.497 e. The summed E-state index contributed by atoms with van der Waals surface area (Å²) in [7, 11) is 3.38. The molecule has 0 aromatic heterocycles. The molecule has 0 saturated heterocycles. The highest BCUT2D eigenvalue weighted by atomic mass is 32.1. The van der Waals surface area contributed by atoms with Crippen molar-refractivity contribution in [3.8, 4) is 5.75 Å². The summed E-state index contributed by atoms with van der Waals surface area (Å²) in [6.45, 7) is 0.632. The van der Waals surface area contributed by atoms with Crippen LogP contribution in [0.2, 0.25) is 0 Å². The van der Waals surface area contributed by atoms with Crippen molar-refractivity contribution in [3.63, 3.8) is 0 Å². The molecule has 0 aliphatic carbocycles. The molecule has 0 aliphatic rings. The molecule has 1 rings (SSSR count). The normalized spacial score (nSPS) is 11.7. The summed E-state index contributed by atoms with van der Waals surface area (Å²) in [6.07, 6.45) is 0.113. The van der Waals surface area contributed by atoms with E-state index in [1.807, 2.05) is 24.3 Å². The average Bonchev–Trinajstić information content (AvgIpc) is 2.38. The van der Waals surface area contributed by atoms with Gasteiger partial charge in [0.05, 0.1) is 13.2 Å². The zero-order valence-electron chi connectivity index (χ0n) is 10.1. The molecule has 0 amide bonds. The van der Waals surface area contributed by atoms with Crippen molar-refractivity contribution < 1.29 is 9.84 Å². The van der Waals surface area contributed by atoms with Gasteiger partial charge in [0.2, 0.25) is 0 Å². The maximum absolute atomic E-state index is 9.93. The molecule has 0 radical (unpaired) electrons. The number of hydrogen-bond donors (Lipinski definition) is 3. The predicted molar refractivity (Wildman–Crippen MR) is 72.2 cm³/mol. The van der Waals surface area contributed by atoms with E-state index in [4.69, 9.17) is 17.0 Å². The molecule has 1 atom stereocenters. The van der Waals surface area contributed by atoms with E-state index >= 15 is 0 Å². The summed E-state index contributed by atoms with van der Waals surface area (Å²) in [6, 6.07) is 7.40. The Morgan fingerprint density at radius 3 is 2.59 bits per heavy atom. The van der Waals surface area contributed by atoms with Crippen molar-refractivity contribution in [2.24, 2.45) is 0 Å². The quantitative estimate of drug-likeness (QED) is 0.690. The van der Waals surface area contributed by atoms with Gasteiger partial charge in [0, 0.05) is 13.6 Å². The standard InChI is InChI=1S/C12H18N2O2S/c1-13-12(17)14-8-7-11(15)9-3-5-10(16-2)6-4-9/h3-6,11,15H,7-8H2,1-2H3,(H2,13,14,17). The monoisotopic (exact) mass is 254 g/mol. The zero-order chi connectivity index (χ0) is 12.7. The molecule has 94 valence electrons. The Morgan fingerprint density at radius 1 is 1.41 bits per heavy atom. The molecule has 4 nitrogen and oxygen atoms in total. The fraction of sp³-hybridized carbons (Fsp3) is 0.417. The summed E-state index contributed by atoms with van der Waals surface area (Å²) in [5.41, 5.74) is 0.878. The van der Waals surface area contributed by atoms with E-state index < -0.39 is 6.10 Å². The van der Waals surface area contributed by atoms with Gasteiger partial charge in [-0.15, -0.1) is 0 Å². The van der Waals surface area contributed by atoms with Crippen molar-refractivity contribution in [2.45, 2.75) is 12.5 Å². The van der Waals surface area contributed by atoms with Crippen molar-refractivity contribution in [1.29, 1.82) is 0 Å². The maximum atomic E-state index is 9.93. The van der Waals surface area contributed by atoms with E-state index in [2.05, 4.69) is 10.6 Å². The highest BCUT2D eigenvalue weighted by Gasteiger charge is 2.07. The fourth-order valence-corrected chi connectivity index (χ4v) is 1.51. The summed E-state index contributed by atoms with van der Waals surface area (Å²) >= 11 is 4.94. The first-order valence-corrected chi connectivity index (χ1v) is 5.85. The molecule has 1 aromatic carbocycles. The van der Waals surface area contributed by atoms with Crippen LogP contribution in [0.4, 0.5) is 0 Å². The highest BCUT2D eigenvalue weighted by Crippen LogP contribution is 2.19. The zero-order valence-corrected chi connectivity index (χ0v) is 10.9. The lowest BCUT2D eigenvalue weighted by Crippen LogP contribution is -2.33. The van der Waals surface area contributed by atoms with Gasteiger partial charge in [-0.05, 0) is 36.3 Å². The van der Waals surface area contributed by atoms with Crippen LogP contribution >= 0.6 is 12.2 Å². The lowest BCUT2D eigenvalue weighted by atomic mass is 10.1.